The number of hydrogen-bond donors (Lipinski definition) is 1. The number of benzene rings is 1. The molecule has 0 bridgehead atoms. The average Bonchev–Trinajstić information content (AvgIpc) is 2.89. The molecule has 2 rings (SSSR count). The van der Waals surface area contributed by atoms with Gasteiger partial charge in [-0.1, -0.05) is 13.0 Å². The molecular weight excluding hydrogens is 260 g/mol. The van der Waals surface area contributed by atoms with Crippen LogP contribution in [0.3, 0.4) is 0 Å². The lowest BCUT2D eigenvalue weighted by atomic mass is 10.1. The van der Waals surface area contributed by atoms with Crippen molar-refractivity contribution in [3.63, 3.8) is 0 Å². The Morgan fingerprint density at radius 1 is 1.45 bits per heavy atom. The first kappa shape index (κ1) is 14.1. The van der Waals surface area contributed by atoms with Gasteiger partial charge in [0, 0.05) is 6.07 Å². The van der Waals surface area contributed by atoms with Crippen LogP contribution in [0.1, 0.15) is 30.8 Å². The molecule has 2 aromatic rings. The molecule has 1 aromatic heterocycles. The standard InChI is InChI=1S/C13H16N4O3/c1-4-10(14-3)13-16-15-12(20-13)9-7-8(2)5-6-11(9)17(18)19/h5-7,10,14H,4H2,1-3H3. The van der Waals surface area contributed by atoms with Crippen molar-refractivity contribution in [1.29, 1.82) is 0 Å². The van der Waals surface area contributed by atoms with E-state index in [1.54, 1.807) is 19.2 Å². The Bertz CT molecular complexity index is 620. The van der Waals surface area contributed by atoms with Crippen LogP contribution < -0.4 is 5.32 Å². The second-order valence-corrected chi connectivity index (χ2v) is 4.47. The van der Waals surface area contributed by atoms with Gasteiger partial charge in [-0.05, 0) is 32.0 Å². The lowest BCUT2D eigenvalue weighted by molar-refractivity contribution is -0.384. The van der Waals surface area contributed by atoms with Gasteiger partial charge in [-0.2, -0.15) is 0 Å². The van der Waals surface area contributed by atoms with Gasteiger partial charge in [0.25, 0.3) is 11.6 Å². The fourth-order valence-electron chi connectivity index (χ4n) is 1.97. The van der Waals surface area contributed by atoms with Crippen molar-refractivity contribution >= 4 is 5.69 Å². The smallest absolute Gasteiger partial charge is 0.282 e. The Morgan fingerprint density at radius 3 is 2.80 bits per heavy atom. The summed E-state index contributed by atoms with van der Waals surface area (Å²) in [7, 11) is 1.80. The molecule has 0 aliphatic heterocycles. The maximum Gasteiger partial charge on any atom is 0.282 e. The van der Waals surface area contributed by atoms with Gasteiger partial charge < -0.3 is 9.73 Å². The maximum absolute atomic E-state index is 11.1. The van der Waals surface area contributed by atoms with Gasteiger partial charge in [0.05, 0.1) is 11.0 Å². The predicted molar refractivity (Wildman–Crippen MR) is 73.2 cm³/mol. The lowest BCUT2D eigenvalue weighted by Gasteiger charge is -2.07. The molecule has 7 heteroatoms. The van der Waals surface area contributed by atoms with Gasteiger partial charge in [-0.15, -0.1) is 10.2 Å². The topological polar surface area (TPSA) is 94.1 Å². The van der Waals surface area contributed by atoms with Crippen LogP contribution in [0.25, 0.3) is 11.5 Å². The first-order valence-corrected chi connectivity index (χ1v) is 6.32. The number of aromatic nitrogens is 2. The first-order chi connectivity index (χ1) is 9.56. The highest BCUT2D eigenvalue weighted by Gasteiger charge is 2.22. The van der Waals surface area contributed by atoms with E-state index in [0.717, 1.165) is 12.0 Å². The van der Waals surface area contributed by atoms with E-state index in [-0.39, 0.29) is 17.6 Å². The van der Waals surface area contributed by atoms with E-state index in [4.69, 9.17) is 4.42 Å². The van der Waals surface area contributed by atoms with E-state index < -0.39 is 4.92 Å². The highest BCUT2D eigenvalue weighted by atomic mass is 16.6. The van der Waals surface area contributed by atoms with Crippen LogP contribution in [0.5, 0.6) is 0 Å². The summed E-state index contributed by atoms with van der Waals surface area (Å²) >= 11 is 0. The van der Waals surface area contributed by atoms with E-state index >= 15 is 0 Å². The van der Waals surface area contributed by atoms with Crippen LogP contribution in [0, 0.1) is 17.0 Å². The predicted octanol–water partition coefficient (Wildman–Crippen LogP) is 2.62. The largest absolute Gasteiger partial charge is 0.419 e. The summed E-state index contributed by atoms with van der Waals surface area (Å²) in [5, 5.41) is 22.0. The number of hydrogen-bond acceptors (Lipinski definition) is 6. The van der Waals surface area contributed by atoms with Crippen molar-refractivity contribution in [1.82, 2.24) is 15.5 Å². The Morgan fingerprint density at radius 2 is 2.20 bits per heavy atom. The van der Waals surface area contributed by atoms with E-state index in [9.17, 15) is 10.1 Å². The second-order valence-electron chi connectivity index (χ2n) is 4.47. The zero-order chi connectivity index (χ0) is 14.7. The summed E-state index contributed by atoms with van der Waals surface area (Å²) in [6.07, 6.45) is 0.786. The number of aryl methyl sites for hydroxylation is 1. The molecule has 0 fully saturated rings. The molecule has 1 aromatic carbocycles. The van der Waals surface area contributed by atoms with Crippen LogP contribution in [-0.4, -0.2) is 22.2 Å². The van der Waals surface area contributed by atoms with Gasteiger partial charge in [0.15, 0.2) is 0 Å². The maximum atomic E-state index is 11.1. The summed E-state index contributed by atoms with van der Waals surface area (Å²) in [5.74, 6) is 0.602. The van der Waals surface area contributed by atoms with Crippen molar-refractivity contribution in [3.8, 4) is 11.5 Å². The van der Waals surface area contributed by atoms with Gasteiger partial charge in [0.1, 0.15) is 5.56 Å². The highest BCUT2D eigenvalue weighted by molar-refractivity contribution is 5.67. The monoisotopic (exact) mass is 276 g/mol. The summed E-state index contributed by atoms with van der Waals surface area (Å²) in [4.78, 5) is 10.6. The molecule has 0 spiro atoms. The molecule has 0 radical (unpaired) electrons. The number of nitro groups is 1. The van der Waals surface area contributed by atoms with E-state index in [1.807, 2.05) is 13.8 Å². The molecule has 0 aliphatic rings. The van der Waals surface area contributed by atoms with Crippen LogP contribution in [0.2, 0.25) is 0 Å². The van der Waals surface area contributed by atoms with Crippen molar-refractivity contribution in [2.75, 3.05) is 7.05 Å². The number of nitrogens with zero attached hydrogens (tertiary/aromatic N) is 3. The minimum absolute atomic E-state index is 0.0386. The number of nitrogens with one attached hydrogen (secondary N) is 1. The molecular formula is C13H16N4O3. The minimum atomic E-state index is -0.450. The summed E-state index contributed by atoms with van der Waals surface area (Å²) < 4.78 is 5.57. The quantitative estimate of drug-likeness (QED) is 0.666. The molecule has 0 saturated carbocycles. The summed E-state index contributed by atoms with van der Waals surface area (Å²) in [6.45, 7) is 3.84. The third-order valence-corrected chi connectivity index (χ3v) is 3.07. The van der Waals surface area contributed by atoms with Crippen molar-refractivity contribution in [2.24, 2.45) is 0 Å². The lowest BCUT2D eigenvalue weighted by Crippen LogP contribution is -2.15. The number of rotatable bonds is 5. The van der Waals surface area contributed by atoms with E-state index in [0.29, 0.717) is 11.5 Å². The average molecular weight is 276 g/mol. The first-order valence-electron chi connectivity index (χ1n) is 6.32. The highest BCUT2D eigenvalue weighted by Crippen LogP contribution is 2.30. The Kier molecular flexibility index (Phi) is 4.09. The van der Waals surface area contributed by atoms with Crippen LogP contribution in [0.15, 0.2) is 22.6 Å². The van der Waals surface area contributed by atoms with E-state index in [1.165, 1.54) is 6.07 Å². The van der Waals surface area contributed by atoms with Crippen molar-refractivity contribution < 1.29 is 9.34 Å². The van der Waals surface area contributed by atoms with Crippen LogP contribution in [-0.2, 0) is 0 Å². The zero-order valence-corrected chi connectivity index (χ0v) is 11.6. The fraction of sp³-hybridized carbons (Fsp3) is 0.385. The number of nitro benzene ring substituents is 1. The molecule has 0 saturated heterocycles. The normalized spacial score (nSPS) is 12.3. The second kappa shape index (κ2) is 5.79. The fourth-order valence-corrected chi connectivity index (χ4v) is 1.97. The molecule has 1 unspecified atom stereocenters. The van der Waals surface area contributed by atoms with Gasteiger partial charge in [0.2, 0.25) is 5.89 Å². The molecule has 7 nitrogen and oxygen atoms in total. The Hall–Kier alpha value is -2.28. The molecule has 106 valence electrons. The third kappa shape index (κ3) is 2.67. The van der Waals surface area contributed by atoms with Crippen LogP contribution >= 0.6 is 0 Å². The molecule has 1 atom stereocenters. The summed E-state index contributed by atoms with van der Waals surface area (Å²) in [6, 6.07) is 4.75. The molecule has 1 heterocycles. The van der Waals surface area contributed by atoms with Crippen molar-refractivity contribution in [3.05, 3.63) is 39.8 Å². The molecule has 20 heavy (non-hydrogen) atoms. The van der Waals surface area contributed by atoms with Crippen LogP contribution in [0.4, 0.5) is 5.69 Å². The molecule has 1 N–H and O–H groups in total. The van der Waals surface area contributed by atoms with E-state index in [2.05, 4.69) is 15.5 Å². The SMILES string of the molecule is CCC(NC)c1nnc(-c2cc(C)ccc2[N+](=O)[O-])o1. The van der Waals surface area contributed by atoms with Gasteiger partial charge >= 0.3 is 0 Å². The zero-order valence-electron chi connectivity index (χ0n) is 11.6. The van der Waals surface area contributed by atoms with Gasteiger partial charge in [-0.25, -0.2) is 0 Å². The van der Waals surface area contributed by atoms with Gasteiger partial charge in [-0.3, -0.25) is 10.1 Å². The Labute approximate surface area is 116 Å². The van der Waals surface area contributed by atoms with Crippen molar-refractivity contribution in [2.45, 2.75) is 26.3 Å². The minimum Gasteiger partial charge on any atom is -0.419 e. The third-order valence-electron chi connectivity index (χ3n) is 3.07. The molecule has 0 amide bonds. The summed E-state index contributed by atoms with van der Waals surface area (Å²) in [5.41, 5.74) is 1.20. The molecule has 0 aliphatic carbocycles. The Balaban J connectivity index is 2.46.